The number of anilines is 1. The van der Waals surface area contributed by atoms with Gasteiger partial charge in [0.1, 0.15) is 17.4 Å². The Morgan fingerprint density at radius 3 is 3.17 bits per heavy atom. The Hall–Kier alpha value is -2.04. The molecule has 1 aromatic heterocycles. The summed E-state index contributed by atoms with van der Waals surface area (Å²) in [5.74, 6) is 0.0975. The van der Waals surface area contributed by atoms with E-state index in [4.69, 9.17) is 0 Å². The maximum Gasteiger partial charge on any atom is 0.326 e. The first kappa shape index (κ1) is 11.1. The van der Waals surface area contributed by atoms with Crippen LogP contribution in [0.1, 0.15) is 18.7 Å². The first-order valence-electron chi connectivity index (χ1n) is 6.11. The smallest absolute Gasteiger partial charge is 0.326 e. The number of nitrogens with one attached hydrogen (secondary N) is 1. The number of hydrogen-bond donors (Lipinski definition) is 2. The molecule has 1 aliphatic heterocycles. The van der Waals surface area contributed by atoms with Gasteiger partial charge >= 0.3 is 5.97 Å². The number of rotatable bonds is 2. The molecule has 2 aromatic rings. The Labute approximate surface area is 104 Å². The molecule has 3 rings (SSSR count). The molecule has 0 aliphatic carbocycles. The lowest BCUT2D eigenvalue weighted by Crippen LogP contribution is -2.35. The monoisotopic (exact) mass is 245 g/mol. The van der Waals surface area contributed by atoms with Gasteiger partial charge in [-0.15, -0.1) is 0 Å². The van der Waals surface area contributed by atoms with Crippen molar-refractivity contribution in [3.8, 4) is 0 Å². The highest BCUT2D eigenvalue weighted by Gasteiger charge is 2.31. The number of aromatic nitrogens is 2. The number of aromatic amines is 1. The fourth-order valence-corrected chi connectivity index (χ4v) is 2.68. The molecule has 0 saturated carbocycles. The molecule has 1 fully saturated rings. The minimum absolute atomic E-state index is 0.424. The molecule has 5 heteroatoms. The molecule has 0 radical (unpaired) electrons. The van der Waals surface area contributed by atoms with Crippen molar-refractivity contribution in [2.45, 2.75) is 25.8 Å². The molecule has 1 atom stereocenters. The van der Waals surface area contributed by atoms with Crippen LogP contribution in [0.25, 0.3) is 11.0 Å². The highest BCUT2D eigenvalue weighted by Crippen LogP contribution is 2.31. The van der Waals surface area contributed by atoms with Crippen LogP contribution < -0.4 is 4.90 Å². The third kappa shape index (κ3) is 1.63. The van der Waals surface area contributed by atoms with Crippen LogP contribution in [0.3, 0.4) is 0 Å². The lowest BCUT2D eigenvalue weighted by molar-refractivity contribution is -0.138. The number of imidazole rings is 1. The Morgan fingerprint density at radius 2 is 2.39 bits per heavy atom. The van der Waals surface area contributed by atoms with Crippen LogP contribution in [0, 0.1) is 6.92 Å². The van der Waals surface area contributed by atoms with E-state index in [0.29, 0.717) is 6.42 Å². The van der Waals surface area contributed by atoms with Crippen molar-refractivity contribution >= 4 is 22.7 Å². The summed E-state index contributed by atoms with van der Waals surface area (Å²) in [5.41, 5.74) is 2.74. The number of fused-ring (bicyclic) bond motifs is 1. The highest BCUT2D eigenvalue weighted by atomic mass is 16.4. The molecule has 18 heavy (non-hydrogen) atoms. The lowest BCUT2D eigenvalue weighted by atomic mass is 10.2. The molecular weight excluding hydrogens is 230 g/mol. The van der Waals surface area contributed by atoms with Crippen molar-refractivity contribution in [2.24, 2.45) is 0 Å². The zero-order chi connectivity index (χ0) is 12.7. The summed E-state index contributed by atoms with van der Waals surface area (Å²) in [4.78, 5) is 20.8. The average molecular weight is 245 g/mol. The van der Waals surface area contributed by atoms with E-state index >= 15 is 0 Å². The molecule has 1 saturated heterocycles. The third-order valence-corrected chi connectivity index (χ3v) is 3.46. The minimum atomic E-state index is -0.753. The molecule has 0 bridgehead atoms. The summed E-state index contributed by atoms with van der Waals surface area (Å²) in [7, 11) is 0. The second-order valence-corrected chi connectivity index (χ2v) is 4.69. The number of hydrogen-bond acceptors (Lipinski definition) is 3. The lowest BCUT2D eigenvalue weighted by Gasteiger charge is -2.23. The van der Waals surface area contributed by atoms with Gasteiger partial charge in [-0.2, -0.15) is 0 Å². The Balaban J connectivity index is 2.11. The molecule has 94 valence electrons. The summed E-state index contributed by atoms with van der Waals surface area (Å²) in [6.45, 7) is 2.68. The van der Waals surface area contributed by atoms with E-state index in [2.05, 4.69) is 9.97 Å². The van der Waals surface area contributed by atoms with Gasteiger partial charge in [-0.3, -0.25) is 0 Å². The van der Waals surface area contributed by atoms with Gasteiger partial charge in [0.15, 0.2) is 0 Å². The van der Waals surface area contributed by atoms with Crippen molar-refractivity contribution in [1.29, 1.82) is 0 Å². The van der Waals surface area contributed by atoms with Crippen LogP contribution in [-0.2, 0) is 4.79 Å². The Kier molecular flexibility index (Phi) is 2.47. The molecule has 1 unspecified atom stereocenters. The van der Waals surface area contributed by atoms with Crippen molar-refractivity contribution in [2.75, 3.05) is 11.4 Å². The normalized spacial score (nSPS) is 19.6. The highest BCUT2D eigenvalue weighted by molar-refractivity contribution is 5.91. The topological polar surface area (TPSA) is 69.2 Å². The molecule has 0 spiro atoms. The zero-order valence-electron chi connectivity index (χ0n) is 10.2. The minimum Gasteiger partial charge on any atom is -0.480 e. The summed E-state index contributed by atoms with van der Waals surface area (Å²) < 4.78 is 0. The van der Waals surface area contributed by atoms with Gasteiger partial charge in [-0.25, -0.2) is 9.78 Å². The van der Waals surface area contributed by atoms with Crippen LogP contribution >= 0.6 is 0 Å². The number of carboxylic acid groups (broad SMARTS) is 1. The number of benzene rings is 1. The predicted molar refractivity (Wildman–Crippen MR) is 68.8 cm³/mol. The second-order valence-electron chi connectivity index (χ2n) is 4.69. The Bertz CT molecular complexity index is 605. The summed E-state index contributed by atoms with van der Waals surface area (Å²) in [5, 5.41) is 9.25. The first-order chi connectivity index (χ1) is 8.66. The fourth-order valence-electron chi connectivity index (χ4n) is 2.68. The van der Waals surface area contributed by atoms with Crippen LogP contribution in [0.5, 0.6) is 0 Å². The predicted octanol–water partition coefficient (Wildman–Crippen LogP) is 1.92. The van der Waals surface area contributed by atoms with E-state index in [-0.39, 0.29) is 0 Å². The number of aliphatic carboxylic acids is 1. The molecule has 0 amide bonds. The number of carbonyl (C=O) groups is 1. The van der Waals surface area contributed by atoms with Gasteiger partial charge < -0.3 is 15.0 Å². The maximum atomic E-state index is 11.3. The number of para-hydroxylation sites is 1. The van der Waals surface area contributed by atoms with Crippen LogP contribution in [0.15, 0.2) is 18.2 Å². The van der Waals surface area contributed by atoms with Crippen LogP contribution in [0.2, 0.25) is 0 Å². The largest absolute Gasteiger partial charge is 0.480 e. The van der Waals surface area contributed by atoms with E-state index in [0.717, 1.165) is 35.5 Å². The second kappa shape index (κ2) is 4.01. The van der Waals surface area contributed by atoms with E-state index < -0.39 is 12.0 Å². The standard InChI is InChI=1S/C13H15N3O2/c1-8-14-9-4-2-5-10(12(9)15-8)16-7-3-6-11(16)13(17)18/h2,4-5,11H,3,6-7H2,1H3,(H,14,15)(H,17,18). The summed E-state index contributed by atoms with van der Waals surface area (Å²) in [6, 6.07) is 5.42. The van der Waals surface area contributed by atoms with Gasteiger partial charge in [0.2, 0.25) is 0 Å². The first-order valence-corrected chi connectivity index (χ1v) is 6.11. The van der Waals surface area contributed by atoms with Crippen molar-refractivity contribution < 1.29 is 9.90 Å². The number of carboxylic acids is 1. The van der Waals surface area contributed by atoms with Crippen molar-refractivity contribution in [3.63, 3.8) is 0 Å². The molecule has 2 heterocycles. The maximum absolute atomic E-state index is 11.3. The molecule has 1 aromatic carbocycles. The SMILES string of the molecule is Cc1nc2c(N3CCCC3C(=O)O)cccc2[nH]1. The quantitative estimate of drug-likeness (QED) is 0.848. The van der Waals surface area contributed by atoms with Crippen molar-refractivity contribution in [1.82, 2.24) is 9.97 Å². The van der Waals surface area contributed by atoms with E-state index in [1.165, 1.54) is 0 Å². The number of aryl methyl sites for hydroxylation is 1. The van der Waals surface area contributed by atoms with E-state index in [9.17, 15) is 9.90 Å². The molecular formula is C13H15N3O2. The fraction of sp³-hybridized carbons (Fsp3) is 0.385. The summed E-state index contributed by atoms with van der Waals surface area (Å²) >= 11 is 0. The average Bonchev–Trinajstić information content (AvgIpc) is 2.92. The number of nitrogens with zero attached hydrogens (tertiary/aromatic N) is 2. The molecule has 5 nitrogen and oxygen atoms in total. The van der Waals surface area contributed by atoms with Crippen LogP contribution in [0.4, 0.5) is 5.69 Å². The zero-order valence-corrected chi connectivity index (χ0v) is 10.2. The van der Waals surface area contributed by atoms with Gasteiger partial charge in [0.05, 0.1) is 11.2 Å². The molecule has 2 N–H and O–H groups in total. The number of H-pyrrole nitrogens is 1. The van der Waals surface area contributed by atoms with E-state index in [1.807, 2.05) is 30.0 Å². The van der Waals surface area contributed by atoms with Gasteiger partial charge in [0.25, 0.3) is 0 Å². The van der Waals surface area contributed by atoms with Gasteiger partial charge in [-0.1, -0.05) is 6.07 Å². The third-order valence-electron chi connectivity index (χ3n) is 3.46. The summed E-state index contributed by atoms with van der Waals surface area (Å²) in [6.07, 6.45) is 1.62. The van der Waals surface area contributed by atoms with E-state index in [1.54, 1.807) is 0 Å². The van der Waals surface area contributed by atoms with Crippen LogP contribution in [-0.4, -0.2) is 33.6 Å². The van der Waals surface area contributed by atoms with Gasteiger partial charge in [-0.05, 0) is 31.9 Å². The Morgan fingerprint density at radius 1 is 1.56 bits per heavy atom. The molecule has 1 aliphatic rings. The van der Waals surface area contributed by atoms with Gasteiger partial charge in [0, 0.05) is 6.54 Å². The van der Waals surface area contributed by atoms with Crippen molar-refractivity contribution in [3.05, 3.63) is 24.0 Å².